The first-order chi connectivity index (χ1) is 5.95. The molecule has 0 unspecified atom stereocenters. The minimum absolute atomic E-state index is 0.262. The zero-order valence-corrected chi connectivity index (χ0v) is 7.86. The summed E-state index contributed by atoms with van der Waals surface area (Å²) in [6, 6.07) is 0. The average Bonchev–Trinajstić information content (AvgIpc) is 2.28. The SMILES string of the molecule is Cc1sc(C(=O)[O-])c(C(=O)[O-])c1C. The largest absolute Gasteiger partial charge is 0.545 e. The number of rotatable bonds is 2. The maximum absolute atomic E-state index is 10.6. The van der Waals surface area contributed by atoms with Crippen LogP contribution in [0.5, 0.6) is 0 Å². The van der Waals surface area contributed by atoms with Crippen LogP contribution in [0.4, 0.5) is 0 Å². The molecular formula is C8H6O4S-2. The highest BCUT2D eigenvalue weighted by Gasteiger charge is 2.13. The van der Waals surface area contributed by atoms with Crippen LogP contribution in [0.25, 0.3) is 0 Å². The molecule has 0 radical (unpaired) electrons. The van der Waals surface area contributed by atoms with Crippen molar-refractivity contribution in [1.82, 2.24) is 0 Å². The van der Waals surface area contributed by atoms with E-state index in [1.165, 1.54) is 0 Å². The molecule has 5 heteroatoms. The fraction of sp³-hybridized carbons (Fsp3) is 0.250. The van der Waals surface area contributed by atoms with Gasteiger partial charge in [0.05, 0.1) is 16.8 Å². The predicted molar refractivity (Wildman–Crippen MR) is 42.5 cm³/mol. The number of aromatic carboxylic acids is 2. The normalized spacial score (nSPS) is 10.0. The van der Waals surface area contributed by atoms with Crippen molar-refractivity contribution in [1.29, 1.82) is 0 Å². The second-order valence-electron chi connectivity index (χ2n) is 2.56. The molecule has 1 rings (SSSR count). The Morgan fingerprint density at radius 2 is 1.69 bits per heavy atom. The number of hydrogen-bond acceptors (Lipinski definition) is 5. The first kappa shape index (κ1) is 9.73. The number of thiophene rings is 1. The second kappa shape index (κ2) is 3.18. The van der Waals surface area contributed by atoms with Crippen molar-refractivity contribution in [3.8, 4) is 0 Å². The van der Waals surface area contributed by atoms with Crippen LogP contribution in [0.2, 0.25) is 0 Å². The summed E-state index contributed by atoms with van der Waals surface area (Å²) in [6.07, 6.45) is 0. The lowest BCUT2D eigenvalue weighted by Crippen LogP contribution is -2.29. The molecule has 1 aromatic heterocycles. The molecule has 13 heavy (non-hydrogen) atoms. The van der Waals surface area contributed by atoms with E-state index in [2.05, 4.69) is 0 Å². The van der Waals surface area contributed by atoms with E-state index in [4.69, 9.17) is 0 Å². The summed E-state index contributed by atoms with van der Waals surface area (Å²) >= 11 is 0.895. The quantitative estimate of drug-likeness (QED) is 0.616. The van der Waals surface area contributed by atoms with Crippen LogP contribution in [0.15, 0.2) is 0 Å². The molecule has 0 atom stereocenters. The Balaban J connectivity index is 3.44. The minimum atomic E-state index is -1.47. The van der Waals surface area contributed by atoms with E-state index in [0.29, 0.717) is 10.4 Å². The molecule has 0 N–H and O–H groups in total. The Morgan fingerprint density at radius 3 is 2.00 bits per heavy atom. The van der Waals surface area contributed by atoms with Crippen LogP contribution in [0, 0.1) is 13.8 Å². The Labute approximate surface area is 78.4 Å². The van der Waals surface area contributed by atoms with E-state index in [1.807, 2.05) is 0 Å². The van der Waals surface area contributed by atoms with E-state index < -0.39 is 11.9 Å². The lowest BCUT2D eigenvalue weighted by atomic mass is 10.1. The second-order valence-corrected chi connectivity index (χ2v) is 3.79. The van der Waals surface area contributed by atoms with E-state index >= 15 is 0 Å². The van der Waals surface area contributed by atoms with Crippen LogP contribution in [0.1, 0.15) is 30.5 Å². The predicted octanol–water partition coefficient (Wildman–Crippen LogP) is -0.908. The topological polar surface area (TPSA) is 80.3 Å². The summed E-state index contributed by atoms with van der Waals surface area (Å²) in [7, 11) is 0. The molecule has 0 bridgehead atoms. The van der Waals surface area contributed by atoms with Gasteiger partial charge in [-0.15, -0.1) is 11.3 Å². The fourth-order valence-electron chi connectivity index (χ4n) is 1.02. The van der Waals surface area contributed by atoms with Gasteiger partial charge in [-0.05, 0) is 19.4 Å². The van der Waals surface area contributed by atoms with E-state index in [-0.39, 0.29) is 10.4 Å². The molecule has 0 spiro atoms. The van der Waals surface area contributed by atoms with Crippen molar-refractivity contribution in [2.45, 2.75) is 13.8 Å². The Morgan fingerprint density at radius 1 is 1.15 bits per heavy atom. The monoisotopic (exact) mass is 198 g/mol. The van der Waals surface area contributed by atoms with Gasteiger partial charge >= 0.3 is 0 Å². The molecule has 0 aliphatic rings. The van der Waals surface area contributed by atoms with Gasteiger partial charge in [0.2, 0.25) is 0 Å². The number of carboxylic acids is 2. The molecule has 1 aromatic rings. The van der Waals surface area contributed by atoms with Crippen molar-refractivity contribution in [2.24, 2.45) is 0 Å². The molecule has 0 saturated carbocycles. The van der Waals surface area contributed by atoms with Gasteiger partial charge in [0.15, 0.2) is 0 Å². The van der Waals surface area contributed by atoms with Gasteiger partial charge in [-0.1, -0.05) is 0 Å². The van der Waals surface area contributed by atoms with Gasteiger partial charge < -0.3 is 19.8 Å². The number of carbonyl (C=O) groups is 2. The zero-order valence-electron chi connectivity index (χ0n) is 7.04. The van der Waals surface area contributed by atoms with E-state index in [1.54, 1.807) is 13.8 Å². The smallest absolute Gasteiger partial charge is 0.0822 e. The van der Waals surface area contributed by atoms with Crippen molar-refractivity contribution >= 4 is 23.3 Å². The van der Waals surface area contributed by atoms with Gasteiger partial charge in [0.25, 0.3) is 0 Å². The molecule has 1 heterocycles. The van der Waals surface area contributed by atoms with Gasteiger partial charge in [-0.2, -0.15) is 0 Å². The van der Waals surface area contributed by atoms with E-state index in [9.17, 15) is 19.8 Å². The third-order valence-corrected chi connectivity index (χ3v) is 2.96. The maximum Gasteiger partial charge on any atom is 0.0822 e. The molecule has 70 valence electrons. The summed E-state index contributed by atoms with van der Waals surface area (Å²) in [4.78, 5) is 21.4. The minimum Gasteiger partial charge on any atom is -0.545 e. The van der Waals surface area contributed by atoms with Crippen LogP contribution >= 0.6 is 11.3 Å². The number of aryl methyl sites for hydroxylation is 1. The highest BCUT2D eigenvalue weighted by Crippen LogP contribution is 2.26. The van der Waals surface area contributed by atoms with Crippen molar-refractivity contribution in [3.05, 3.63) is 20.9 Å². The molecule has 4 nitrogen and oxygen atoms in total. The van der Waals surface area contributed by atoms with Crippen molar-refractivity contribution < 1.29 is 19.8 Å². The maximum atomic E-state index is 10.6. The summed E-state index contributed by atoms with van der Waals surface area (Å²) in [6.45, 7) is 3.20. The summed E-state index contributed by atoms with van der Waals surface area (Å²) in [5.41, 5.74) is 0.173. The Bertz CT molecular complexity index is 378. The van der Waals surface area contributed by atoms with Crippen LogP contribution in [-0.4, -0.2) is 11.9 Å². The third kappa shape index (κ3) is 1.55. The number of carbonyl (C=O) groups excluding carboxylic acids is 2. The highest BCUT2D eigenvalue weighted by atomic mass is 32.1. The van der Waals surface area contributed by atoms with Crippen LogP contribution in [0.3, 0.4) is 0 Å². The van der Waals surface area contributed by atoms with Crippen LogP contribution < -0.4 is 10.2 Å². The van der Waals surface area contributed by atoms with Gasteiger partial charge in [-0.3, -0.25) is 0 Å². The molecule has 0 aromatic carbocycles. The van der Waals surface area contributed by atoms with Gasteiger partial charge in [-0.25, -0.2) is 0 Å². The third-order valence-electron chi connectivity index (χ3n) is 1.77. The lowest BCUT2D eigenvalue weighted by Gasteiger charge is -2.06. The molecular weight excluding hydrogens is 192 g/mol. The Hall–Kier alpha value is -1.36. The summed E-state index contributed by atoms with van der Waals surface area (Å²) in [5.74, 6) is -2.94. The van der Waals surface area contributed by atoms with Crippen molar-refractivity contribution in [2.75, 3.05) is 0 Å². The van der Waals surface area contributed by atoms with Gasteiger partial charge in [0, 0.05) is 10.4 Å². The van der Waals surface area contributed by atoms with E-state index in [0.717, 1.165) is 11.3 Å². The summed E-state index contributed by atoms with van der Waals surface area (Å²) < 4.78 is 0. The average molecular weight is 198 g/mol. The fourth-order valence-corrected chi connectivity index (χ4v) is 2.00. The van der Waals surface area contributed by atoms with Gasteiger partial charge in [0.1, 0.15) is 0 Å². The van der Waals surface area contributed by atoms with Crippen molar-refractivity contribution in [3.63, 3.8) is 0 Å². The highest BCUT2D eigenvalue weighted by molar-refractivity contribution is 7.14. The zero-order chi connectivity index (χ0) is 10.2. The van der Waals surface area contributed by atoms with Crippen LogP contribution in [-0.2, 0) is 0 Å². The lowest BCUT2D eigenvalue weighted by molar-refractivity contribution is -0.259. The number of carboxylic acid groups (broad SMARTS) is 2. The first-order valence-electron chi connectivity index (χ1n) is 3.47. The number of hydrogen-bond donors (Lipinski definition) is 0. The molecule has 0 aliphatic carbocycles. The molecule has 0 amide bonds. The standard InChI is InChI=1S/C8H8O4S/c1-3-4(2)13-6(8(11)12)5(3)7(9)10/h1-2H3,(H,9,10)(H,11,12)/p-2. The summed E-state index contributed by atoms with van der Waals surface area (Å²) in [5, 5.41) is 21.1. The first-order valence-corrected chi connectivity index (χ1v) is 4.29. The molecule has 0 saturated heterocycles. The molecule has 0 aliphatic heterocycles. The molecule has 0 fully saturated rings. The Kier molecular flexibility index (Phi) is 2.38.